The Hall–Kier alpha value is -1.49. The van der Waals surface area contributed by atoms with Gasteiger partial charge in [0.15, 0.2) is 5.65 Å². The summed E-state index contributed by atoms with van der Waals surface area (Å²) in [6, 6.07) is 2.22. The molecule has 0 amide bonds. The minimum atomic E-state index is 0.307. The molecule has 3 heterocycles. The van der Waals surface area contributed by atoms with Gasteiger partial charge < -0.3 is 11.1 Å². The number of aromatic nitrogens is 5. The molecule has 110 valence electrons. The molecule has 0 unspecified atom stereocenters. The van der Waals surface area contributed by atoms with Gasteiger partial charge in [-0.25, -0.2) is 0 Å². The molecule has 0 aliphatic carbocycles. The maximum atomic E-state index is 6.00. The summed E-state index contributed by atoms with van der Waals surface area (Å²) in [6.07, 6.45) is 5.59. The topological polar surface area (TPSA) is 86.6 Å². The van der Waals surface area contributed by atoms with Crippen molar-refractivity contribution in [2.45, 2.75) is 19.9 Å². The van der Waals surface area contributed by atoms with Crippen LogP contribution in [0.1, 0.15) is 19.9 Å². The van der Waals surface area contributed by atoms with Gasteiger partial charge in [0.05, 0.1) is 17.3 Å². The van der Waals surface area contributed by atoms with Gasteiger partial charge in [0.1, 0.15) is 5.82 Å². The molecular weight excluding hydrogens is 401 g/mol. The van der Waals surface area contributed by atoms with Crippen molar-refractivity contribution >= 4 is 58.8 Å². The lowest BCUT2D eigenvalue weighted by Crippen LogP contribution is -2.02. The predicted octanol–water partition coefficient (Wildman–Crippen LogP) is 3.38. The van der Waals surface area contributed by atoms with Crippen LogP contribution in [0.5, 0.6) is 0 Å². The number of fused-ring (bicyclic) bond motifs is 1. The van der Waals surface area contributed by atoms with Crippen LogP contribution in [0.4, 0.5) is 17.5 Å². The molecule has 0 aliphatic rings. The normalized spacial score (nSPS) is 11.4. The van der Waals surface area contributed by atoms with Crippen LogP contribution in [0.3, 0.4) is 0 Å². The number of rotatable bonds is 4. The second-order valence-corrected chi connectivity index (χ2v) is 6.52. The molecule has 3 aromatic heterocycles. The number of nitrogens with one attached hydrogen (secondary N) is 1. The van der Waals surface area contributed by atoms with Gasteiger partial charge in [-0.05, 0) is 19.9 Å². The van der Waals surface area contributed by atoms with E-state index in [9.17, 15) is 0 Å². The number of halogens is 1. The molecule has 0 aliphatic heterocycles. The number of nitrogens with zero attached hydrogens (tertiary/aromatic N) is 5. The highest BCUT2D eigenvalue weighted by atomic mass is 127. The van der Waals surface area contributed by atoms with Crippen LogP contribution in [0.25, 0.3) is 11.0 Å². The van der Waals surface area contributed by atoms with Crippen molar-refractivity contribution in [3.63, 3.8) is 0 Å². The van der Waals surface area contributed by atoms with Crippen LogP contribution < -0.4 is 11.1 Å². The van der Waals surface area contributed by atoms with Crippen molar-refractivity contribution in [1.29, 1.82) is 0 Å². The van der Waals surface area contributed by atoms with Gasteiger partial charge in [-0.1, -0.05) is 0 Å². The monoisotopic (exact) mass is 415 g/mol. The predicted molar refractivity (Wildman–Crippen MR) is 94.8 cm³/mol. The summed E-state index contributed by atoms with van der Waals surface area (Å²) in [4.78, 5) is 8.81. The van der Waals surface area contributed by atoms with E-state index >= 15 is 0 Å². The molecule has 0 spiro atoms. The third kappa shape index (κ3) is 2.79. The maximum absolute atomic E-state index is 6.00. The Bertz CT molecular complexity index is 779. The zero-order valence-electron chi connectivity index (χ0n) is 11.5. The number of nitrogen functional groups attached to an aromatic ring is 1. The number of anilines is 3. The number of nitrogens with two attached hydrogens (primary N) is 1. The first-order valence-corrected chi connectivity index (χ1v) is 9.65. The molecule has 0 saturated heterocycles. The van der Waals surface area contributed by atoms with E-state index in [2.05, 4.69) is 55.4 Å². The fourth-order valence-corrected chi connectivity index (χ4v) is 3.21. The SMILES string of the molecule is CC(C)n1cc(Nc2nc(N)c3ccn(SI)c3n2)cn1. The van der Waals surface area contributed by atoms with Crippen LogP contribution in [0.15, 0.2) is 24.7 Å². The number of hydrogen-bond donors (Lipinski definition) is 2. The largest absolute Gasteiger partial charge is 0.383 e. The Balaban J connectivity index is 1.96. The van der Waals surface area contributed by atoms with Crippen molar-refractivity contribution in [1.82, 2.24) is 23.7 Å². The maximum Gasteiger partial charge on any atom is 0.231 e. The van der Waals surface area contributed by atoms with Gasteiger partial charge >= 0.3 is 0 Å². The second kappa shape index (κ2) is 5.72. The van der Waals surface area contributed by atoms with Gasteiger partial charge in [0.25, 0.3) is 0 Å². The average molecular weight is 415 g/mol. The molecule has 0 bridgehead atoms. The highest BCUT2D eigenvalue weighted by molar-refractivity contribution is 14.2. The molecule has 0 radical (unpaired) electrons. The Kier molecular flexibility index (Phi) is 3.93. The molecule has 7 nitrogen and oxygen atoms in total. The van der Waals surface area contributed by atoms with Crippen molar-refractivity contribution in [3.05, 3.63) is 24.7 Å². The van der Waals surface area contributed by atoms with E-state index < -0.39 is 0 Å². The summed E-state index contributed by atoms with van der Waals surface area (Å²) in [7, 11) is 1.53. The Morgan fingerprint density at radius 1 is 1.38 bits per heavy atom. The lowest BCUT2D eigenvalue weighted by Gasteiger charge is -2.06. The second-order valence-electron chi connectivity index (χ2n) is 4.81. The molecule has 21 heavy (non-hydrogen) atoms. The van der Waals surface area contributed by atoms with E-state index in [0.29, 0.717) is 17.8 Å². The van der Waals surface area contributed by atoms with Gasteiger partial charge in [-0.15, -0.1) is 0 Å². The number of hydrogen-bond acceptors (Lipinski definition) is 6. The van der Waals surface area contributed by atoms with Crippen molar-refractivity contribution in [2.24, 2.45) is 0 Å². The summed E-state index contributed by atoms with van der Waals surface area (Å²) < 4.78 is 3.81. The van der Waals surface area contributed by atoms with E-state index in [4.69, 9.17) is 5.73 Å². The smallest absolute Gasteiger partial charge is 0.231 e. The standard InChI is InChI=1S/C12H14IN7S/c1-7(2)19-6-8(5-15-19)16-12-17-10(14)9-3-4-20(21-13)11(9)18-12/h3-7H,1-2H3,(H3,14,16,17,18). The highest BCUT2D eigenvalue weighted by Gasteiger charge is 2.11. The van der Waals surface area contributed by atoms with Crippen molar-refractivity contribution in [3.8, 4) is 0 Å². The Morgan fingerprint density at radius 3 is 2.86 bits per heavy atom. The molecule has 0 aromatic carbocycles. The first-order chi connectivity index (χ1) is 10.1. The lowest BCUT2D eigenvalue weighted by atomic mass is 10.4. The Morgan fingerprint density at radius 2 is 2.19 bits per heavy atom. The highest BCUT2D eigenvalue weighted by Crippen LogP contribution is 2.27. The summed E-state index contributed by atoms with van der Waals surface area (Å²) >= 11 is 2.20. The fourth-order valence-electron chi connectivity index (χ4n) is 1.94. The van der Waals surface area contributed by atoms with E-state index in [1.165, 1.54) is 9.12 Å². The zero-order valence-corrected chi connectivity index (χ0v) is 14.5. The van der Waals surface area contributed by atoms with E-state index in [-0.39, 0.29) is 0 Å². The summed E-state index contributed by atoms with van der Waals surface area (Å²) in [5, 5.41) is 8.27. The Labute approximate surface area is 138 Å². The summed E-state index contributed by atoms with van der Waals surface area (Å²) in [6.45, 7) is 4.14. The van der Waals surface area contributed by atoms with Crippen LogP contribution >= 0.6 is 30.3 Å². The molecule has 0 saturated carbocycles. The van der Waals surface area contributed by atoms with Crippen LogP contribution in [0.2, 0.25) is 0 Å². The van der Waals surface area contributed by atoms with E-state index in [0.717, 1.165) is 16.7 Å². The first-order valence-electron chi connectivity index (χ1n) is 6.33. The van der Waals surface area contributed by atoms with Gasteiger partial charge in [0.2, 0.25) is 5.95 Å². The summed E-state index contributed by atoms with van der Waals surface area (Å²) in [5.41, 5.74) is 7.62. The minimum Gasteiger partial charge on any atom is -0.383 e. The van der Waals surface area contributed by atoms with Gasteiger partial charge in [-0.2, -0.15) is 15.1 Å². The molecule has 9 heteroatoms. The van der Waals surface area contributed by atoms with Crippen molar-refractivity contribution in [2.75, 3.05) is 11.1 Å². The van der Waals surface area contributed by atoms with Gasteiger partial charge in [0, 0.05) is 48.8 Å². The molecule has 0 atom stereocenters. The average Bonchev–Trinajstić information content (AvgIpc) is 3.05. The molecule has 3 N–H and O–H groups in total. The summed E-state index contributed by atoms with van der Waals surface area (Å²) in [5.74, 6) is 0.927. The molecule has 3 aromatic rings. The van der Waals surface area contributed by atoms with Crippen LogP contribution in [-0.2, 0) is 0 Å². The zero-order chi connectivity index (χ0) is 15.0. The first kappa shape index (κ1) is 14.4. The molecule has 3 rings (SSSR count). The lowest BCUT2D eigenvalue weighted by molar-refractivity contribution is 0.532. The van der Waals surface area contributed by atoms with E-state index in [1.54, 1.807) is 6.20 Å². The van der Waals surface area contributed by atoms with Crippen LogP contribution in [-0.4, -0.2) is 23.7 Å². The van der Waals surface area contributed by atoms with E-state index in [1.807, 2.05) is 27.1 Å². The molecular formula is C12H14IN7S. The third-order valence-electron chi connectivity index (χ3n) is 3.00. The van der Waals surface area contributed by atoms with Crippen molar-refractivity contribution < 1.29 is 0 Å². The fraction of sp³-hybridized carbons (Fsp3) is 0.250. The minimum absolute atomic E-state index is 0.307. The molecule has 0 fully saturated rings. The van der Waals surface area contributed by atoms with Crippen LogP contribution in [0, 0.1) is 0 Å². The quantitative estimate of drug-likeness (QED) is 0.636. The van der Waals surface area contributed by atoms with Gasteiger partial charge in [-0.3, -0.25) is 8.65 Å². The third-order valence-corrected chi connectivity index (χ3v) is 4.72.